The van der Waals surface area contributed by atoms with Crippen LogP contribution in [0.25, 0.3) is 22.6 Å². The summed E-state index contributed by atoms with van der Waals surface area (Å²) in [6, 6.07) is 6.00. The van der Waals surface area contributed by atoms with E-state index in [1.54, 1.807) is 6.07 Å². The second-order valence-electron chi connectivity index (χ2n) is 10.0. The van der Waals surface area contributed by atoms with Gasteiger partial charge < -0.3 is 30.4 Å². The van der Waals surface area contributed by atoms with Crippen LogP contribution in [-0.4, -0.2) is 70.2 Å². The average molecular weight is 681 g/mol. The first-order valence-electron chi connectivity index (χ1n) is 14.2. The topological polar surface area (TPSA) is 204 Å². The molecule has 1 aliphatic carbocycles. The number of hydrogen-bond acceptors (Lipinski definition) is 12. The van der Waals surface area contributed by atoms with Gasteiger partial charge in [-0.15, -0.1) is 0 Å². The number of halogens is 1. The average Bonchev–Trinajstić information content (AvgIpc) is 2.98. The van der Waals surface area contributed by atoms with E-state index in [0.717, 1.165) is 6.54 Å². The molecule has 0 saturated heterocycles. The molecule has 45 heavy (non-hydrogen) atoms. The fourth-order valence-corrected chi connectivity index (χ4v) is 6.94. The molecule has 14 nitrogen and oxygen atoms in total. The number of rotatable bonds is 12. The summed E-state index contributed by atoms with van der Waals surface area (Å²) in [5.74, 6) is -0.341. The van der Waals surface area contributed by atoms with Crippen LogP contribution in [-0.2, 0) is 26.7 Å². The lowest BCUT2D eigenvalue weighted by Crippen LogP contribution is -2.22. The molecule has 2 aliphatic heterocycles. The van der Waals surface area contributed by atoms with E-state index in [4.69, 9.17) is 20.8 Å². The van der Waals surface area contributed by atoms with E-state index in [1.807, 2.05) is 20.8 Å². The summed E-state index contributed by atoms with van der Waals surface area (Å²) in [6.45, 7) is 8.79. The highest BCUT2D eigenvalue weighted by Crippen LogP contribution is 2.54. The predicted octanol–water partition coefficient (Wildman–Crippen LogP) is 4.02. The van der Waals surface area contributed by atoms with Gasteiger partial charge in [-0.3, -0.25) is 14.1 Å². The van der Waals surface area contributed by atoms with Crippen molar-refractivity contribution in [1.29, 1.82) is 0 Å². The molecule has 2 aromatic carbocycles. The molecule has 2 heterocycles. The number of nitrogens with zero attached hydrogens (tertiary/aromatic N) is 2. The van der Waals surface area contributed by atoms with Gasteiger partial charge in [-0.05, 0) is 43.8 Å². The molecule has 242 valence electrons. The third-order valence-electron chi connectivity index (χ3n) is 7.07. The van der Waals surface area contributed by atoms with Crippen LogP contribution >= 0.6 is 11.6 Å². The Morgan fingerprint density at radius 1 is 0.933 bits per heavy atom. The summed E-state index contributed by atoms with van der Waals surface area (Å²) in [5.41, 5.74) is 1.49. The quantitative estimate of drug-likeness (QED) is 0.0627. The van der Waals surface area contributed by atoms with Crippen LogP contribution in [0.15, 0.2) is 43.5 Å². The second kappa shape index (κ2) is 13.1. The van der Waals surface area contributed by atoms with Crippen LogP contribution in [0.2, 0.25) is 5.02 Å². The molecule has 0 radical (unpaired) electrons. The maximum Gasteiger partial charge on any atom is 0.300 e. The van der Waals surface area contributed by atoms with E-state index in [1.165, 1.54) is 18.2 Å². The van der Waals surface area contributed by atoms with Gasteiger partial charge in [0, 0.05) is 25.2 Å². The number of hydrogen-bond donors (Lipinski definition) is 6. The maximum atomic E-state index is 12.6. The molecule has 5 rings (SSSR count). The van der Waals surface area contributed by atoms with Gasteiger partial charge in [0.1, 0.15) is 16.2 Å². The molecular weight excluding hydrogens is 648 g/mol. The molecule has 0 fully saturated rings. The van der Waals surface area contributed by atoms with Crippen molar-refractivity contribution in [2.75, 3.05) is 49.9 Å². The predicted molar refractivity (Wildman–Crippen MR) is 170 cm³/mol. The van der Waals surface area contributed by atoms with Gasteiger partial charge in [0.25, 0.3) is 10.1 Å². The Kier molecular flexibility index (Phi) is 9.55. The zero-order valence-electron chi connectivity index (χ0n) is 24.7. The van der Waals surface area contributed by atoms with Crippen molar-refractivity contribution in [3.05, 3.63) is 40.2 Å². The summed E-state index contributed by atoms with van der Waals surface area (Å²) in [4.78, 5) is 7.91. The largest absolute Gasteiger partial charge is 0.451 e. The van der Waals surface area contributed by atoms with Crippen LogP contribution < -0.4 is 31.4 Å². The summed E-state index contributed by atoms with van der Waals surface area (Å²) >= 11 is 6.82. The van der Waals surface area contributed by atoms with Gasteiger partial charge >= 0.3 is 10.1 Å². The van der Waals surface area contributed by atoms with Crippen molar-refractivity contribution in [2.24, 2.45) is 4.99 Å². The second-order valence-corrected chi connectivity index (χ2v) is 13.1. The van der Waals surface area contributed by atoms with E-state index < -0.39 is 30.0 Å². The van der Waals surface area contributed by atoms with E-state index >= 15 is 0 Å². The molecule has 0 unspecified atom stereocenters. The number of ether oxygens (including phenoxy) is 1. The third kappa shape index (κ3) is 6.44. The smallest absolute Gasteiger partial charge is 0.300 e. The number of aryl methyl sites for hydroxylation is 1. The van der Waals surface area contributed by atoms with Crippen LogP contribution in [0, 0.1) is 0 Å². The van der Waals surface area contributed by atoms with Gasteiger partial charge in [0.2, 0.25) is 0 Å². The zero-order chi connectivity index (χ0) is 32.5. The number of nitrogens with one attached hydrogen (secondary N) is 4. The number of aromatic nitrogens is 1. The van der Waals surface area contributed by atoms with Gasteiger partial charge in [0.15, 0.2) is 32.6 Å². The van der Waals surface area contributed by atoms with Gasteiger partial charge in [0.05, 0.1) is 29.0 Å². The van der Waals surface area contributed by atoms with Crippen LogP contribution in [0.5, 0.6) is 11.5 Å². The monoisotopic (exact) mass is 680 g/mol. The fraction of sp³-hybridized carbons (Fsp3) is 0.357. The summed E-state index contributed by atoms with van der Waals surface area (Å²) in [7, 11) is -9.57. The minimum Gasteiger partial charge on any atom is -0.451 e. The standard InChI is InChI=1S/C28H33ClN6O8S2/c1-4-15-21-26(43-25-16(34-21)7-9-19(28(25)45(39,40)41)33-14-12-31-6-3)20(29)22-23(15)42-24-17(35-22)8-10-18(27(24)44(36,37)38)32-13-11-30-5-2/h7-10,30-31,33-34H,4-6,11-14H2,1-3H3,(H,36,37,38)(H,39,40,41). The molecule has 0 spiro atoms. The molecule has 6 N–H and O–H groups in total. The minimum absolute atomic E-state index is 0.0120. The van der Waals surface area contributed by atoms with E-state index in [-0.39, 0.29) is 62.4 Å². The first-order valence-corrected chi connectivity index (χ1v) is 17.5. The SMILES string of the molecule is CCNCCN=c1ccc2nc3c(Cl)c4c(c(CC)c3oc-2c1S(=O)(=O)O)Nc1ccc(NCCNCC)c(S(=O)(=O)O)c1O4. The molecule has 0 saturated carbocycles. The molecule has 0 bridgehead atoms. The lowest BCUT2D eigenvalue weighted by Gasteiger charge is -2.28. The van der Waals surface area contributed by atoms with Crippen molar-refractivity contribution < 1.29 is 35.1 Å². The van der Waals surface area contributed by atoms with E-state index in [2.05, 4.69) is 31.2 Å². The zero-order valence-corrected chi connectivity index (χ0v) is 27.1. The van der Waals surface area contributed by atoms with Crippen LogP contribution in [0.3, 0.4) is 0 Å². The molecular formula is C28H33ClN6O8S2. The summed E-state index contributed by atoms with van der Waals surface area (Å²) in [5, 5.41) is 12.3. The molecule has 3 aliphatic rings. The van der Waals surface area contributed by atoms with Crippen molar-refractivity contribution in [2.45, 2.75) is 37.0 Å². The molecule has 0 amide bonds. The van der Waals surface area contributed by atoms with Crippen LogP contribution in [0.4, 0.5) is 17.1 Å². The number of fused-ring (bicyclic) bond motifs is 4. The normalized spacial score (nSPS) is 13.4. The highest BCUT2D eigenvalue weighted by atomic mass is 35.5. The Morgan fingerprint density at radius 3 is 2.31 bits per heavy atom. The summed E-state index contributed by atoms with van der Waals surface area (Å²) in [6.07, 6.45) is 0.321. The van der Waals surface area contributed by atoms with Crippen molar-refractivity contribution in [3.63, 3.8) is 0 Å². The molecule has 0 atom stereocenters. The van der Waals surface area contributed by atoms with Crippen molar-refractivity contribution >= 4 is 60.0 Å². The fourth-order valence-electron chi connectivity index (χ4n) is 5.10. The first-order chi connectivity index (χ1) is 21.4. The summed E-state index contributed by atoms with van der Waals surface area (Å²) < 4.78 is 83.0. The van der Waals surface area contributed by atoms with Gasteiger partial charge in [-0.1, -0.05) is 32.4 Å². The highest BCUT2D eigenvalue weighted by Gasteiger charge is 2.34. The lowest BCUT2D eigenvalue weighted by atomic mass is 10.0. The molecule has 17 heteroatoms. The third-order valence-corrected chi connectivity index (χ3v) is 9.25. The Balaban J connectivity index is 1.71. The number of likely N-dealkylation sites (N-methyl/N-ethyl adjacent to an activating group) is 2. The molecule has 2 aromatic rings. The molecule has 0 aromatic heterocycles. The Labute approximate surface area is 265 Å². The van der Waals surface area contributed by atoms with Gasteiger partial charge in [-0.25, -0.2) is 4.98 Å². The Bertz CT molecular complexity index is 2030. The van der Waals surface area contributed by atoms with Gasteiger partial charge in [-0.2, -0.15) is 16.8 Å². The highest BCUT2D eigenvalue weighted by molar-refractivity contribution is 7.86. The van der Waals surface area contributed by atoms with Crippen molar-refractivity contribution in [1.82, 2.24) is 15.6 Å². The minimum atomic E-state index is -4.80. The lowest BCUT2D eigenvalue weighted by molar-refractivity contribution is 0.449. The van der Waals surface area contributed by atoms with E-state index in [0.29, 0.717) is 43.9 Å². The Morgan fingerprint density at radius 2 is 1.64 bits per heavy atom. The first kappa shape index (κ1) is 32.9. The van der Waals surface area contributed by atoms with E-state index in [9.17, 15) is 25.9 Å². The van der Waals surface area contributed by atoms with Crippen LogP contribution in [0.1, 0.15) is 26.3 Å². The number of anilines is 3. The van der Waals surface area contributed by atoms with Crippen molar-refractivity contribution in [3.8, 4) is 23.0 Å². The Hall–Kier alpha value is -3.51. The maximum absolute atomic E-state index is 12.6. The number of benzene rings is 3.